The van der Waals surface area contributed by atoms with Crippen LogP contribution in [0, 0.1) is 20.8 Å². The Hall–Kier alpha value is -1.85. The first kappa shape index (κ1) is 18.5. The summed E-state index contributed by atoms with van der Waals surface area (Å²) in [5, 5.41) is 0. The van der Waals surface area contributed by atoms with E-state index >= 15 is 0 Å². The molecule has 0 unspecified atom stereocenters. The summed E-state index contributed by atoms with van der Waals surface area (Å²) >= 11 is 0. The largest absolute Gasteiger partial charge is 0.491 e. The van der Waals surface area contributed by atoms with Gasteiger partial charge in [0.15, 0.2) is 0 Å². The molecule has 0 radical (unpaired) electrons. The molecule has 0 bridgehead atoms. The number of ether oxygens (including phenoxy) is 1. The van der Waals surface area contributed by atoms with Crippen molar-refractivity contribution in [3.8, 4) is 5.75 Å². The summed E-state index contributed by atoms with van der Waals surface area (Å²) in [7, 11) is -3.56. The van der Waals surface area contributed by atoms with Gasteiger partial charge in [-0.3, -0.25) is 0 Å². The predicted molar refractivity (Wildman–Crippen MR) is 96.9 cm³/mol. The number of hydrogen-bond acceptors (Lipinski definition) is 3. The third-order valence-corrected chi connectivity index (χ3v) is 5.32. The van der Waals surface area contributed by atoms with Crippen LogP contribution in [-0.4, -0.2) is 14.5 Å². The first-order valence-electron chi connectivity index (χ1n) is 8.02. The molecule has 130 valence electrons. The highest BCUT2D eigenvalue weighted by molar-refractivity contribution is 7.89. The molecule has 4 nitrogen and oxygen atoms in total. The van der Waals surface area contributed by atoms with Crippen molar-refractivity contribution in [2.75, 3.05) is 0 Å². The molecule has 2 rings (SSSR count). The minimum Gasteiger partial charge on any atom is -0.491 e. The summed E-state index contributed by atoms with van der Waals surface area (Å²) < 4.78 is 33.7. The Kier molecular flexibility index (Phi) is 5.67. The van der Waals surface area contributed by atoms with E-state index in [0.717, 1.165) is 28.0 Å². The van der Waals surface area contributed by atoms with Crippen molar-refractivity contribution in [1.29, 1.82) is 0 Å². The molecule has 0 aliphatic heterocycles. The van der Waals surface area contributed by atoms with E-state index in [1.165, 1.54) is 0 Å². The molecular formula is C19H25NO3S. The molecule has 0 amide bonds. The molecule has 0 spiro atoms. The van der Waals surface area contributed by atoms with E-state index in [0.29, 0.717) is 4.90 Å². The van der Waals surface area contributed by atoms with Crippen LogP contribution in [0.5, 0.6) is 5.75 Å². The smallest absolute Gasteiger partial charge is 0.241 e. The first-order valence-corrected chi connectivity index (χ1v) is 9.50. The summed E-state index contributed by atoms with van der Waals surface area (Å²) in [4.78, 5) is 0.364. The molecule has 0 saturated carbocycles. The predicted octanol–water partition coefficient (Wildman–Crippen LogP) is 3.88. The average molecular weight is 347 g/mol. The molecule has 0 aliphatic carbocycles. The zero-order valence-electron chi connectivity index (χ0n) is 14.9. The third kappa shape index (κ3) is 4.58. The highest BCUT2D eigenvalue weighted by atomic mass is 32.2. The summed E-state index contributed by atoms with van der Waals surface area (Å²) in [6.07, 6.45) is 0.0785. The number of benzene rings is 2. The molecular weight excluding hydrogens is 322 g/mol. The second-order valence-electron chi connectivity index (χ2n) is 6.37. The van der Waals surface area contributed by atoms with Gasteiger partial charge in [-0.15, -0.1) is 0 Å². The van der Waals surface area contributed by atoms with E-state index in [2.05, 4.69) is 4.72 Å². The molecule has 0 fully saturated rings. The SMILES string of the molecule is Cc1cc(C)c(S(=O)(=O)NCc2cccc(OC(C)C)c2)c(C)c1. The van der Waals surface area contributed by atoms with Gasteiger partial charge >= 0.3 is 0 Å². The Bertz CT molecular complexity index is 803. The molecule has 2 aromatic rings. The lowest BCUT2D eigenvalue weighted by Gasteiger charge is -2.14. The Labute approximate surface area is 144 Å². The topological polar surface area (TPSA) is 55.4 Å². The summed E-state index contributed by atoms with van der Waals surface area (Å²) in [5.74, 6) is 0.740. The van der Waals surface area contributed by atoms with Crippen LogP contribution >= 0.6 is 0 Å². The van der Waals surface area contributed by atoms with Crippen LogP contribution in [0.1, 0.15) is 36.1 Å². The molecule has 2 aromatic carbocycles. The van der Waals surface area contributed by atoms with Crippen LogP contribution in [0.25, 0.3) is 0 Å². The van der Waals surface area contributed by atoms with Gasteiger partial charge in [0, 0.05) is 6.54 Å². The maximum atomic E-state index is 12.7. The van der Waals surface area contributed by atoms with Gasteiger partial charge in [-0.05, 0) is 63.4 Å². The fraction of sp³-hybridized carbons (Fsp3) is 0.368. The van der Waals surface area contributed by atoms with Gasteiger partial charge in [-0.2, -0.15) is 0 Å². The Morgan fingerprint density at radius 2 is 1.67 bits per heavy atom. The minimum atomic E-state index is -3.56. The summed E-state index contributed by atoms with van der Waals surface area (Å²) in [5.41, 5.74) is 3.44. The quantitative estimate of drug-likeness (QED) is 0.863. The van der Waals surface area contributed by atoms with E-state index in [4.69, 9.17) is 4.74 Å². The van der Waals surface area contributed by atoms with Crippen LogP contribution in [0.2, 0.25) is 0 Å². The lowest BCUT2D eigenvalue weighted by molar-refractivity contribution is 0.242. The molecule has 5 heteroatoms. The number of sulfonamides is 1. The van der Waals surface area contributed by atoms with Crippen molar-refractivity contribution in [3.05, 3.63) is 58.7 Å². The lowest BCUT2D eigenvalue weighted by Crippen LogP contribution is -2.25. The number of aryl methyl sites for hydroxylation is 3. The molecule has 0 aromatic heterocycles. The number of hydrogen-bond donors (Lipinski definition) is 1. The fourth-order valence-electron chi connectivity index (χ4n) is 2.84. The second-order valence-corrected chi connectivity index (χ2v) is 8.07. The highest BCUT2D eigenvalue weighted by Crippen LogP contribution is 2.22. The molecule has 0 saturated heterocycles. The van der Waals surface area contributed by atoms with Crippen molar-refractivity contribution >= 4 is 10.0 Å². The third-order valence-electron chi connectivity index (χ3n) is 3.61. The van der Waals surface area contributed by atoms with Gasteiger partial charge in [-0.25, -0.2) is 13.1 Å². The minimum absolute atomic E-state index is 0.0785. The van der Waals surface area contributed by atoms with E-state index in [-0.39, 0.29) is 12.6 Å². The normalized spacial score (nSPS) is 11.8. The van der Waals surface area contributed by atoms with Crippen LogP contribution in [0.15, 0.2) is 41.3 Å². The van der Waals surface area contributed by atoms with Crippen molar-refractivity contribution in [2.45, 2.75) is 52.2 Å². The maximum absolute atomic E-state index is 12.7. The lowest BCUT2D eigenvalue weighted by atomic mass is 10.1. The van der Waals surface area contributed by atoms with E-state index < -0.39 is 10.0 Å². The zero-order valence-corrected chi connectivity index (χ0v) is 15.7. The fourth-order valence-corrected chi connectivity index (χ4v) is 4.31. The van der Waals surface area contributed by atoms with Gasteiger partial charge in [0.25, 0.3) is 0 Å². The van der Waals surface area contributed by atoms with Crippen molar-refractivity contribution in [1.82, 2.24) is 4.72 Å². The van der Waals surface area contributed by atoms with Gasteiger partial charge in [0.2, 0.25) is 10.0 Å². The summed E-state index contributed by atoms with van der Waals surface area (Å²) in [6.45, 7) is 9.75. The van der Waals surface area contributed by atoms with Gasteiger partial charge in [0.05, 0.1) is 11.0 Å². The number of rotatable bonds is 6. The van der Waals surface area contributed by atoms with Gasteiger partial charge in [-0.1, -0.05) is 29.8 Å². The van der Waals surface area contributed by atoms with Crippen LogP contribution < -0.4 is 9.46 Å². The van der Waals surface area contributed by atoms with Crippen molar-refractivity contribution < 1.29 is 13.2 Å². The Morgan fingerprint density at radius 1 is 1.04 bits per heavy atom. The zero-order chi connectivity index (χ0) is 17.9. The highest BCUT2D eigenvalue weighted by Gasteiger charge is 2.19. The number of nitrogens with one attached hydrogen (secondary N) is 1. The Morgan fingerprint density at radius 3 is 2.25 bits per heavy atom. The average Bonchev–Trinajstić information content (AvgIpc) is 2.43. The van der Waals surface area contributed by atoms with E-state index in [1.807, 2.05) is 71.0 Å². The monoisotopic (exact) mass is 347 g/mol. The molecule has 0 atom stereocenters. The van der Waals surface area contributed by atoms with Crippen LogP contribution in [-0.2, 0) is 16.6 Å². The molecule has 0 aliphatic rings. The van der Waals surface area contributed by atoms with Crippen molar-refractivity contribution in [3.63, 3.8) is 0 Å². The molecule has 0 heterocycles. The first-order chi connectivity index (χ1) is 11.2. The van der Waals surface area contributed by atoms with E-state index in [9.17, 15) is 8.42 Å². The van der Waals surface area contributed by atoms with Crippen LogP contribution in [0.4, 0.5) is 0 Å². The molecule has 24 heavy (non-hydrogen) atoms. The van der Waals surface area contributed by atoms with Crippen LogP contribution in [0.3, 0.4) is 0 Å². The molecule has 1 N–H and O–H groups in total. The Balaban J connectivity index is 2.20. The summed E-state index contributed by atoms with van der Waals surface area (Å²) in [6, 6.07) is 11.2. The van der Waals surface area contributed by atoms with Crippen molar-refractivity contribution in [2.24, 2.45) is 0 Å². The van der Waals surface area contributed by atoms with Gasteiger partial charge in [0.1, 0.15) is 5.75 Å². The van der Waals surface area contributed by atoms with E-state index in [1.54, 1.807) is 0 Å². The van der Waals surface area contributed by atoms with Gasteiger partial charge < -0.3 is 4.74 Å². The second kappa shape index (κ2) is 7.36. The standard InChI is InChI=1S/C19H25NO3S/c1-13(2)23-18-8-6-7-17(11-18)12-20-24(21,22)19-15(4)9-14(3)10-16(19)5/h6-11,13,20H,12H2,1-5H3. The maximum Gasteiger partial charge on any atom is 0.241 e.